The maximum Gasteiger partial charge on any atom is 0.313 e. The SMILES string of the molecule is NNc1ncccc1COc1ccc(F)cc1[N+](=O)[O-]. The molecular weight excluding hydrogens is 267 g/mol. The van der Waals surface area contributed by atoms with Crippen molar-refractivity contribution < 1.29 is 14.1 Å². The number of anilines is 1. The highest BCUT2D eigenvalue weighted by molar-refractivity contribution is 5.47. The third-order valence-corrected chi connectivity index (χ3v) is 2.53. The number of nitro benzene ring substituents is 1. The van der Waals surface area contributed by atoms with Gasteiger partial charge in [-0.05, 0) is 18.2 Å². The number of nitro groups is 1. The van der Waals surface area contributed by atoms with Crippen molar-refractivity contribution in [1.82, 2.24) is 4.98 Å². The standard InChI is InChI=1S/C12H11FN4O3/c13-9-3-4-11(10(6-9)17(18)19)20-7-8-2-1-5-15-12(8)16-14/h1-6H,7,14H2,(H,15,16). The lowest BCUT2D eigenvalue weighted by molar-refractivity contribution is -0.386. The topological polar surface area (TPSA) is 103 Å². The normalized spacial score (nSPS) is 10.1. The van der Waals surface area contributed by atoms with E-state index in [1.165, 1.54) is 6.07 Å². The molecule has 0 atom stereocenters. The molecule has 3 N–H and O–H groups in total. The molecule has 104 valence electrons. The Bertz CT molecular complexity index is 636. The highest BCUT2D eigenvalue weighted by atomic mass is 19.1. The maximum atomic E-state index is 13.0. The molecule has 8 heteroatoms. The number of hydrazine groups is 1. The molecule has 0 aliphatic rings. The molecular formula is C12H11FN4O3. The van der Waals surface area contributed by atoms with Gasteiger partial charge in [-0.15, -0.1) is 0 Å². The van der Waals surface area contributed by atoms with Gasteiger partial charge in [0.1, 0.15) is 18.2 Å². The van der Waals surface area contributed by atoms with Crippen LogP contribution in [0.4, 0.5) is 15.9 Å². The first-order valence-electron chi connectivity index (χ1n) is 5.59. The third-order valence-electron chi connectivity index (χ3n) is 2.53. The van der Waals surface area contributed by atoms with Gasteiger partial charge in [-0.2, -0.15) is 0 Å². The lowest BCUT2D eigenvalue weighted by Gasteiger charge is -2.09. The first kappa shape index (κ1) is 13.7. The fourth-order valence-corrected chi connectivity index (χ4v) is 1.60. The second kappa shape index (κ2) is 5.93. The van der Waals surface area contributed by atoms with Crippen LogP contribution in [0, 0.1) is 15.9 Å². The van der Waals surface area contributed by atoms with E-state index < -0.39 is 16.4 Å². The largest absolute Gasteiger partial charge is 0.482 e. The van der Waals surface area contributed by atoms with Crippen molar-refractivity contribution in [2.24, 2.45) is 5.84 Å². The van der Waals surface area contributed by atoms with Crippen LogP contribution in [0.3, 0.4) is 0 Å². The van der Waals surface area contributed by atoms with E-state index in [4.69, 9.17) is 10.6 Å². The molecule has 2 rings (SSSR count). The van der Waals surface area contributed by atoms with E-state index >= 15 is 0 Å². The molecule has 0 spiro atoms. The minimum absolute atomic E-state index is 0.0137. The van der Waals surface area contributed by atoms with Crippen LogP contribution < -0.4 is 16.0 Å². The zero-order valence-electron chi connectivity index (χ0n) is 10.2. The van der Waals surface area contributed by atoms with Crippen LogP contribution in [-0.4, -0.2) is 9.91 Å². The number of benzene rings is 1. The molecule has 1 aromatic heterocycles. The van der Waals surface area contributed by atoms with E-state index in [9.17, 15) is 14.5 Å². The molecule has 7 nitrogen and oxygen atoms in total. The predicted octanol–water partition coefficient (Wildman–Crippen LogP) is 1.99. The van der Waals surface area contributed by atoms with Gasteiger partial charge in [-0.25, -0.2) is 15.2 Å². The molecule has 0 unspecified atom stereocenters. The van der Waals surface area contributed by atoms with Crippen molar-refractivity contribution in [2.45, 2.75) is 6.61 Å². The van der Waals surface area contributed by atoms with Crippen molar-refractivity contribution in [3.63, 3.8) is 0 Å². The predicted molar refractivity (Wildman–Crippen MR) is 69.4 cm³/mol. The molecule has 0 saturated heterocycles. The van der Waals surface area contributed by atoms with Gasteiger partial charge in [-0.3, -0.25) is 10.1 Å². The Kier molecular flexibility index (Phi) is 4.06. The Hall–Kier alpha value is -2.74. The number of nitrogens with zero attached hydrogens (tertiary/aromatic N) is 2. The first-order valence-corrected chi connectivity index (χ1v) is 5.59. The average Bonchev–Trinajstić information content (AvgIpc) is 2.46. The van der Waals surface area contributed by atoms with Crippen LogP contribution >= 0.6 is 0 Å². The molecule has 0 saturated carbocycles. The van der Waals surface area contributed by atoms with Gasteiger partial charge in [0.05, 0.1) is 11.0 Å². The summed E-state index contributed by atoms with van der Waals surface area (Å²) in [6.45, 7) is 0.0137. The van der Waals surface area contributed by atoms with Crippen LogP contribution in [0.15, 0.2) is 36.5 Å². The number of nitrogens with two attached hydrogens (primary N) is 1. The molecule has 0 amide bonds. The fourth-order valence-electron chi connectivity index (χ4n) is 1.60. The van der Waals surface area contributed by atoms with Gasteiger partial charge in [0.2, 0.25) is 0 Å². The lowest BCUT2D eigenvalue weighted by Crippen LogP contribution is -2.12. The van der Waals surface area contributed by atoms with Gasteiger partial charge in [-0.1, -0.05) is 6.07 Å². The van der Waals surface area contributed by atoms with Gasteiger partial charge in [0.15, 0.2) is 5.75 Å². The Balaban J connectivity index is 2.21. The monoisotopic (exact) mass is 278 g/mol. The minimum atomic E-state index is -0.705. The summed E-state index contributed by atoms with van der Waals surface area (Å²) < 4.78 is 18.3. The van der Waals surface area contributed by atoms with E-state index in [1.54, 1.807) is 18.3 Å². The number of ether oxygens (including phenoxy) is 1. The molecule has 1 heterocycles. The summed E-state index contributed by atoms with van der Waals surface area (Å²) in [7, 11) is 0. The summed E-state index contributed by atoms with van der Waals surface area (Å²) >= 11 is 0. The van der Waals surface area contributed by atoms with Crippen molar-refractivity contribution in [3.8, 4) is 5.75 Å². The van der Waals surface area contributed by atoms with E-state index in [1.807, 2.05) is 0 Å². The van der Waals surface area contributed by atoms with Gasteiger partial charge in [0, 0.05) is 11.8 Å². The quantitative estimate of drug-likeness (QED) is 0.492. The number of halogens is 1. The van der Waals surface area contributed by atoms with Crippen LogP contribution in [0.5, 0.6) is 5.75 Å². The Labute approximate surface area is 113 Å². The Morgan fingerprint density at radius 1 is 1.45 bits per heavy atom. The zero-order valence-corrected chi connectivity index (χ0v) is 10.2. The molecule has 2 aromatic rings. The van der Waals surface area contributed by atoms with Gasteiger partial charge >= 0.3 is 5.69 Å². The van der Waals surface area contributed by atoms with E-state index in [0.29, 0.717) is 11.4 Å². The number of hydrogen-bond acceptors (Lipinski definition) is 6. The summed E-state index contributed by atoms with van der Waals surface area (Å²) in [5.41, 5.74) is 2.58. The number of rotatable bonds is 5. The van der Waals surface area contributed by atoms with Crippen molar-refractivity contribution in [2.75, 3.05) is 5.43 Å². The van der Waals surface area contributed by atoms with Gasteiger partial charge < -0.3 is 10.2 Å². The summed E-state index contributed by atoms with van der Waals surface area (Å²) in [6.07, 6.45) is 1.54. The molecule has 0 bridgehead atoms. The van der Waals surface area contributed by atoms with E-state index in [2.05, 4.69) is 10.4 Å². The third kappa shape index (κ3) is 2.98. The number of nitrogen functional groups attached to an aromatic ring is 1. The minimum Gasteiger partial charge on any atom is -0.482 e. The number of pyridine rings is 1. The van der Waals surface area contributed by atoms with E-state index in [-0.39, 0.29) is 12.4 Å². The molecule has 1 aromatic carbocycles. The highest BCUT2D eigenvalue weighted by Gasteiger charge is 2.16. The number of nitrogens with one attached hydrogen (secondary N) is 1. The summed E-state index contributed by atoms with van der Waals surface area (Å²) in [5, 5.41) is 10.8. The molecule has 0 aliphatic heterocycles. The number of aromatic nitrogens is 1. The summed E-state index contributed by atoms with van der Waals surface area (Å²) in [6, 6.07) is 6.49. The van der Waals surface area contributed by atoms with Crippen molar-refractivity contribution in [3.05, 3.63) is 58.0 Å². The smallest absolute Gasteiger partial charge is 0.313 e. The Morgan fingerprint density at radius 2 is 2.25 bits per heavy atom. The fraction of sp³-hybridized carbons (Fsp3) is 0.0833. The molecule has 0 aliphatic carbocycles. The highest BCUT2D eigenvalue weighted by Crippen LogP contribution is 2.28. The van der Waals surface area contributed by atoms with E-state index in [0.717, 1.165) is 12.1 Å². The maximum absolute atomic E-state index is 13.0. The second-order valence-electron chi connectivity index (χ2n) is 3.81. The van der Waals surface area contributed by atoms with Crippen LogP contribution in [0.25, 0.3) is 0 Å². The second-order valence-corrected chi connectivity index (χ2v) is 3.81. The molecule has 20 heavy (non-hydrogen) atoms. The van der Waals surface area contributed by atoms with Crippen LogP contribution in [0.2, 0.25) is 0 Å². The van der Waals surface area contributed by atoms with Crippen LogP contribution in [0.1, 0.15) is 5.56 Å². The van der Waals surface area contributed by atoms with Crippen molar-refractivity contribution in [1.29, 1.82) is 0 Å². The summed E-state index contributed by atoms with van der Waals surface area (Å²) in [5.74, 6) is 4.97. The zero-order chi connectivity index (χ0) is 14.5. The number of hydrogen-bond donors (Lipinski definition) is 2. The first-order chi connectivity index (χ1) is 9.61. The summed E-state index contributed by atoms with van der Waals surface area (Å²) in [4.78, 5) is 14.1. The van der Waals surface area contributed by atoms with Crippen molar-refractivity contribution >= 4 is 11.5 Å². The molecule has 0 radical (unpaired) electrons. The Morgan fingerprint density at radius 3 is 2.95 bits per heavy atom. The lowest BCUT2D eigenvalue weighted by atomic mass is 10.2. The average molecular weight is 278 g/mol. The van der Waals surface area contributed by atoms with Crippen LogP contribution in [-0.2, 0) is 6.61 Å². The van der Waals surface area contributed by atoms with Gasteiger partial charge in [0.25, 0.3) is 0 Å². The molecule has 0 fully saturated rings.